The van der Waals surface area contributed by atoms with Crippen LogP contribution in [0.1, 0.15) is 21.2 Å². The van der Waals surface area contributed by atoms with E-state index in [0.717, 1.165) is 10.5 Å². The topological polar surface area (TPSA) is 85.9 Å². The Balaban J connectivity index is 1.52. The van der Waals surface area contributed by atoms with Crippen molar-refractivity contribution in [1.82, 2.24) is 0 Å². The van der Waals surface area contributed by atoms with Crippen LogP contribution in [0.4, 0.5) is 11.4 Å². The van der Waals surface area contributed by atoms with Crippen LogP contribution in [0.2, 0.25) is 0 Å². The highest BCUT2D eigenvalue weighted by atomic mass is 32.2. The Kier molecular flexibility index (Phi) is 8.89. The van der Waals surface area contributed by atoms with E-state index in [1.165, 1.54) is 26.0 Å². The van der Waals surface area contributed by atoms with E-state index in [-0.39, 0.29) is 11.8 Å². The number of ether oxygens (including phenoxy) is 3. The van der Waals surface area contributed by atoms with Crippen LogP contribution in [0, 0.1) is 0 Å². The second-order valence-electron chi connectivity index (χ2n) is 8.11. The van der Waals surface area contributed by atoms with Gasteiger partial charge in [0.15, 0.2) is 0 Å². The largest absolute Gasteiger partial charge is 0.496 e. The maximum atomic E-state index is 13.4. The number of amides is 2. The first-order valence-corrected chi connectivity index (χ1v) is 12.7. The van der Waals surface area contributed by atoms with Gasteiger partial charge in [-0.05, 0) is 54.1 Å². The minimum absolute atomic E-state index is 0.175. The van der Waals surface area contributed by atoms with Gasteiger partial charge in [-0.3, -0.25) is 9.59 Å². The Bertz CT molecular complexity index is 1370. The lowest BCUT2D eigenvalue weighted by atomic mass is 10.1. The highest BCUT2D eigenvalue weighted by Crippen LogP contribution is 2.38. The molecule has 0 bridgehead atoms. The number of anilines is 2. The second-order valence-corrected chi connectivity index (χ2v) is 9.29. The van der Waals surface area contributed by atoms with Gasteiger partial charge in [0.1, 0.15) is 28.1 Å². The van der Waals surface area contributed by atoms with Gasteiger partial charge in [0.25, 0.3) is 5.91 Å². The molecule has 0 aliphatic carbocycles. The van der Waals surface area contributed by atoms with Crippen molar-refractivity contribution in [3.05, 3.63) is 108 Å². The number of thioether (sulfide) groups is 1. The average molecular weight is 529 g/mol. The average Bonchev–Trinajstić information content (AvgIpc) is 2.96. The minimum Gasteiger partial charge on any atom is -0.496 e. The molecule has 0 spiro atoms. The van der Waals surface area contributed by atoms with E-state index in [1.807, 2.05) is 54.6 Å². The highest BCUT2D eigenvalue weighted by molar-refractivity contribution is 8.00. The zero-order valence-corrected chi connectivity index (χ0v) is 22.1. The van der Waals surface area contributed by atoms with Gasteiger partial charge in [0.05, 0.1) is 27.0 Å². The smallest absolute Gasteiger partial charge is 0.263 e. The molecule has 0 heterocycles. The van der Waals surface area contributed by atoms with E-state index in [2.05, 4.69) is 10.6 Å². The molecule has 0 aromatic heterocycles. The highest BCUT2D eigenvalue weighted by Gasteiger charge is 2.23. The molecule has 0 saturated carbocycles. The third kappa shape index (κ3) is 6.27. The predicted molar refractivity (Wildman–Crippen MR) is 151 cm³/mol. The number of rotatable bonds is 10. The number of methoxy groups -OCH3 is 3. The number of para-hydroxylation sites is 2. The van der Waals surface area contributed by atoms with Crippen LogP contribution < -0.4 is 24.8 Å². The number of nitrogens with one attached hydrogen (secondary N) is 2. The maximum absolute atomic E-state index is 13.4. The lowest BCUT2D eigenvalue weighted by Gasteiger charge is -2.18. The summed E-state index contributed by atoms with van der Waals surface area (Å²) in [5.41, 5.74) is 2.38. The van der Waals surface area contributed by atoms with Crippen molar-refractivity contribution in [3.63, 3.8) is 0 Å². The van der Waals surface area contributed by atoms with Crippen LogP contribution in [0.3, 0.4) is 0 Å². The van der Waals surface area contributed by atoms with Gasteiger partial charge in [-0.2, -0.15) is 0 Å². The van der Waals surface area contributed by atoms with Gasteiger partial charge in [-0.25, -0.2) is 0 Å². The molecule has 7 nitrogen and oxygen atoms in total. The van der Waals surface area contributed by atoms with Gasteiger partial charge in [0.2, 0.25) is 5.91 Å². The molecule has 2 N–H and O–H groups in total. The molecule has 194 valence electrons. The third-order valence-corrected chi connectivity index (χ3v) is 6.99. The molecule has 0 radical (unpaired) electrons. The van der Waals surface area contributed by atoms with Crippen molar-refractivity contribution >= 4 is 35.0 Å². The maximum Gasteiger partial charge on any atom is 0.263 e. The summed E-state index contributed by atoms with van der Waals surface area (Å²) in [6.45, 7) is 0. The molecule has 4 rings (SSSR count). The van der Waals surface area contributed by atoms with Crippen molar-refractivity contribution in [1.29, 1.82) is 0 Å². The minimum atomic E-state index is -0.514. The van der Waals surface area contributed by atoms with Gasteiger partial charge in [-0.1, -0.05) is 48.5 Å². The van der Waals surface area contributed by atoms with Gasteiger partial charge in [-0.15, -0.1) is 11.8 Å². The number of hydrogen-bond acceptors (Lipinski definition) is 6. The zero-order valence-electron chi connectivity index (χ0n) is 21.3. The molecule has 2 amide bonds. The number of carbonyl (C=O) groups is 2. The standard InChI is InChI=1S/C30H28N2O5S/c1-35-24-13-8-7-12-23(24)32-30(34)28(20-10-5-4-6-11-20)38-22-18-16-21(17-19-22)31-29(33)27-25(36-2)14-9-15-26(27)37-3/h4-19,28H,1-3H3,(H,31,33)(H,32,34). The van der Waals surface area contributed by atoms with E-state index in [9.17, 15) is 9.59 Å². The van der Waals surface area contributed by atoms with Crippen molar-refractivity contribution in [2.75, 3.05) is 32.0 Å². The van der Waals surface area contributed by atoms with Crippen LogP contribution in [-0.4, -0.2) is 33.1 Å². The Labute approximate surface area is 226 Å². The summed E-state index contributed by atoms with van der Waals surface area (Å²) in [6.07, 6.45) is 0. The molecule has 8 heteroatoms. The molecule has 0 aliphatic rings. The van der Waals surface area contributed by atoms with E-state index >= 15 is 0 Å². The molecule has 4 aromatic rings. The number of carbonyl (C=O) groups excluding carboxylic acids is 2. The molecule has 4 aromatic carbocycles. The van der Waals surface area contributed by atoms with Crippen molar-refractivity contribution in [3.8, 4) is 17.2 Å². The van der Waals surface area contributed by atoms with Crippen molar-refractivity contribution in [2.45, 2.75) is 10.1 Å². The summed E-state index contributed by atoms with van der Waals surface area (Å²) >= 11 is 1.41. The Morgan fingerprint density at radius 1 is 0.658 bits per heavy atom. The summed E-state index contributed by atoms with van der Waals surface area (Å²) in [5, 5.41) is 5.36. The first-order chi connectivity index (χ1) is 18.5. The fourth-order valence-electron chi connectivity index (χ4n) is 3.87. The van der Waals surface area contributed by atoms with Crippen LogP contribution in [0.25, 0.3) is 0 Å². The van der Waals surface area contributed by atoms with E-state index in [0.29, 0.717) is 34.2 Å². The normalized spacial score (nSPS) is 11.2. The van der Waals surface area contributed by atoms with E-state index in [1.54, 1.807) is 49.6 Å². The van der Waals surface area contributed by atoms with Gasteiger partial charge < -0.3 is 24.8 Å². The van der Waals surface area contributed by atoms with Crippen molar-refractivity contribution in [2.24, 2.45) is 0 Å². The Hall–Kier alpha value is -4.43. The molecule has 0 fully saturated rings. The molecular weight excluding hydrogens is 500 g/mol. The Morgan fingerprint density at radius 2 is 1.24 bits per heavy atom. The van der Waals surface area contributed by atoms with Gasteiger partial charge >= 0.3 is 0 Å². The predicted octanol–water partition coefficient (Wildman–Crippen LogP) is 6.44. The SMILES string of the molecule is COc1ccccc1NC(=O)C(Sc1ccc(NC(=O)c2c(OC)cccc2OC)cc1)c1ccccc1. The molecular formula is C30H28N2O5S. The van der Waals surface area contributed by atoms with E-state index in [4.69, 9.17) is 14.2 Å². The Morgan fingerprint density at radius 3 is 1.87 bits per heavy atom. The van der Waals surface area contributed by atoms with Crippen molar-refractivity contribution < 1.29 is 23.8 Å². The second kappa shape index (κ2) is 12.7. The summed E-state index contributed by atoms with van der Waals surface area (Å²) in [6, 6.07) is 29.4. The first-order valence-electron chi connectivity index (χ1n) is 11.8. The van der Waals surface area contributed by atoms with Crippen LogP contribution >= 0.6 is 11.8 Å². The quantitative estimate of drug-likeness (QED) is 0.231. The monoisotopic (exact) mass is 528 g/mol. The molecule has 1 atom stereocenters. The molecule has 0 saturated heterocycles. The molecule has 0 aliphatic heterocycles. The summed E-state index contributed by atoms with van der Waals surface area (Å²) in [5.74, 6) is 0.899. The molecule has 38 heavy (non-hydrogen) atoms. The lowest BCUT2D eigenvalue weighted by molar-refractivity contribution is -0.115. The van der Waals surface area contributed by atoms with Gasteiger partial charge in [0, 0.05) is 10.6 Å². The third-order valence-electron chi connectivity index (χ3n) is 5.73. The van der Waals surface area contributed by atoms with Crippen LogP contribution in [-0.2, 0) is 4.79 Å². The first kappa shape index (κ1) is 26.6. The summed E-state index contributed by atoms with van der Waals surface area (Å²) in [7, 11) is 4.58. The number of hydrogen-bond donors (Lipinski definition) is 2. The van der Waals surface area contributed by atoms with Crippen LogP contribution in [0.5, 0.6) is 17.2 Å². The fraction of sp³-hybridized carbons (Fsp3) is 0.133. The van der Waals surface area contributed by atoms with E-state index < -0.39 is 5.25 Å². The fourth-order valence-corrected chi connectivity index (χ4v) is 4.89. The number of benzene rings is 4. The molecule has 1 unspecified atom stereocenters. The lowest BCUT2D eigenvalue weighted by Crippen LogP contribution is -2.19. The summed E-state index contributed by atoms with van der Waals surface area (Å²) < 4.78 is 16.1. The zero-order chi connectivity index (χ0) is 26.9. The van der Waals surface area contributed by atoms with Crippen LogP contribution in [0.15, 0.2) is 102 Å². The summed E-state index contributed by atoms with van der Waals surface area (Å²) in [4.78, 5) is 27.3.